The molecule has 1 aromatic carbocycles. The van der Waals surface area contributed by atoms with Crippen LogP contribution in [0.2, 0.25) is 0 Å². The number of nitrogens with one attached hydrogen (secondary N) is 1. The molecule has 0 radical (unpaired) electrons. The molecule has 5 nitrogen and oxygen atoms in total. The van der Waals surface area contributed by atoms with Gasteiger partial charge in [0.1, 0.15) is 0 Å². The predicted molar refractivity (Wildman–Crippen MR) is 86.5 cm³/mol. The normalized spacial score (nSPS) is 13.2. The van der Waals surface area contributed by atoms with Crippen molar-refractivity contribution in [2.45, 2.75) is 17.9 Å². The van der Waals surface area contributed by atoms with Crippen LogP contribution in [-0.2, 0) is 14.8 Å². The van der Waals surface area contributed by atoms with Gasteiger partial charge in [-0.2, -0.15) is 11.3 Å². The van der Waals surface area contributed by atoms with Crippen LogP contribution in [0.1, 0.15) is 17.2 Å². The van der Waals surface area contributed by atoms with Crippen LogP contribution >= 0.6 is 11.3 Å². The highest BCUT2D eigenvalue weighted by atomic mass is 32.2. The Labute approximate surface area is 134 Å². The zero-order valence-corrected chi connectivity index (χ0v) is 13.9. The molecule has 1 atom stereocenters. The average molecular weight is 341 g/mol. The molecule has 0 aliphatic rings. The van der Waals surface area contributed by atoms with Crippen molar-refractivity contribution >= 4 is 21.4 Å². The summed E-state index contributed by atoms with van der Waals surface area (Å²) in [6, 6.07) is 8.62. The maximum Gasteiger partial charge on any atom is 0.240 e. The van der Waals surface area contributed by atoms with Gasteiger partial charge in [0.2, 0.25) is 10.0 Å². The van der Waals surface area contributed by atoms with Gasteiger partial charge in [-0.25, -0.2) is 13.1 Å². The van der Waals surface area contributed by atoms with Crippen molar-refractivity contribution in [3.63, 3.8) is 0 Å². The smallest absolute Gasteiger partial charge is 0.240 e. The Hall–Kier alpha value is -1.25. The summed E-state index contributed by atoms with van der Waals surface area (Å²) in [7, 11) is -3.58. The van der Waals surface area contributed by atoms with E-state index >= 15 is 0 Å². The standard InChI is InChI=1S/C15H19NO4S2/c1-12-3-2-4-14(9-12)22(18,19)16-10-15(20-7-6-17)13-5-8-21-11-13/h2-5,8-9,11,15-17H,6-7,10H2,1H3/t15-/m1/s1. The van der Waals surface area contributed by atoms with Gasteiger partial charge in [0.25, 0.3) is 0 Å². The van der Waals surface area contributed by atoms with E-state index in [0.717, 1.165) is 11.1 Å². The van der Waals surface area contributed by atoms with Crippen LogP contribution < -0.4 is 4.72 Å². The molecule has 0 spiro atoms. The molecule has 2 rings (SSSR count). The zero-order chi connectivity index (χ0) is 16.0. The second kappa shape index (κ2) is 7.85. The zero-order valence-electron chi connectivity index (χ0n) is 12.2. The van der Waals surface area contributed by atoms with E-state index in [9.17, 15) is 8.42 Å². The molecule has 0 amide bonds. The molecule has 0 aliphatic carbocycles. The lowest BCUT2D eigenvalue weighted by atomic mass is 10.2. The molecule has 0 saturated heterocycles. The first-order chi connectivity index (χ1) is 10.5. The topological polar surface area (TPSA) is 75.6 Å². The summed E-state index contributed by atoms with van der Waals surface area (Å²) in [4.78, 5) is 0.235. The molecular weight excluding hydrogens is 322 g/mol. The first kappa shape index (κ1) is 17.1. The molecule has 22 heavy (non-hydrogen) atoms. The Morgan fingerprint density at radius 1 is 1.36 bits per heavy atom. The Kier molecular flexibility index (Phi) is 6.10. The summed E-state index contributed by atoms with van der Waals surface area (Å²) in [6.07, 6.45) is -0.419. The van der Waals surface area contributed by atoms with Crippen molar-refractivity contribution in [1.29, 1.82) is 0 Å². The number of rotatable bonds is 8. The fourth-order valence-corrected chi connectivity index (χ4v) is 3.82. The SMILES string of the molecule is Cc1cccc(S(=O)(=O)NC[C@@H](OCCO)c2ccsc2)c1. The summed E-state index contributed by atoms with van der Waals surface area (Å²) in [6.45, 7) is 2.02. The summed E-state index contributed by atoms with van der Waals surface area (Å²) >= 11 is 1.51. The van der Waals surface area contributed by atoms with Crippen LogP contribution in [0.5, 0.6) is 0 Å². The molecule has 7 heteroatoms. The fraction of sp³-hybridized carbons (Fsp3) is 0.333. The first-order valence-electron chi connectivity index (χ1n) is 6.84. The number of benzene rings is 1. The van der Waals surface area contributed by atoms with Crippen LogP contribution in [0.15, 0.2) is 46.0 Å². The van der Waals surface area contributed by atoms with Gasteiger partial charge in [-0.3, -0.25) is 0 Å². The Bertz CT molecular complexity index is 683. The summed E-state index contributed by atoms with van der Waals surface area (Å²) < 4.78 is 32.7. The van der Waals surface area contributed by atoms with E-state index in [-0.39, 0.29) is 24.7 Å². The number of aliphatic hydroxyl groups excluding tert-OH is 1. The van der Waals surface area contributed by atoms with Gasteiger partial charge in [-0.1, -0.05) is 12.1 Å². The van der Waals surface area contributed by atoms with Crippen LogP contribution in [0.4, 0.5) is 0 Å². The molecule has 0 unspecified atom stereocenters. The van der Waals surface area contributed by atoms with Crippen molar-refractivity contribution in [2.75, 3.05) is 19.8 Å². The number of ether oxygens (including phenoxy) is 1. The highest BCUT2D eigenvalue weighted by Gasteiger charge is 2.19. The van der Waals surface area contributed by atoms with Gasteiger partial charge in [0, 0.05) is 6.54 Å². The number of aliphatic hydroxyl groups is 1. The largest absolute Gasteiger partial charge is 0.394 e. The third-order valence-corrected chi connectivity index (χ3v) is 5.21. The molecule has 0 saturated carbocycles. The summed E-state index contributed by atoms with van der Waals surface area (Å²) in [5.41, 5.74) is 1.78. The van der Waals surface area contributed by atoms with Gasteiger partial charge < -0.3 is 9.84 Å². The highest BCUT2D eigenvalue weighted by Crippen LogP contribution is 2.20. The molecule has 2 N–H and O–H groups in total. The summed E-state index contributed by atoms with van der Waals surface area (Å²) in [5, 5.41) is 12.7. The second-order valence-electron chi connectivity index (χ2n) is 4.81. The van der Waals surface area contributed by atoms with Crippen molar-refractivity contribution < 1.29 is 18.3 Å². The third kappa shape index (κ3) is 4.62. The van der Waals surface area contributed by atoms with Gasteiger partial charge in [-0.05, 0) is 47.0 Å². The molecular formula is C15H19NO4S2. The number of aryl methyl sites for hydroxylation is 1. The molecule has 1 heterocycles. The van der Waals surface area contributed by atoms with Crippen molar-refractivity contribution in [3.05, 3.63) is 52.2 Å². The molecule has 0 bridgehead atoms. The van der Waals surface area contributed by atoms with E-state index in [4.69, 9.17) is 9.84 Å². The first-order valence-corrected chi connectivity index (χ1v) is 9.26. The minimum atomic E-state index is -3.58. The van der Waals surface area contributed by atoms with E-state index in [0.29, 0.717) is 0 Å². The number of sulfonamides is 1. The molecule has 2 aromatic rings. The summed E-state index contributed by atoms with van der Waals surface area (Å²) in [5.74, 6) is 0. The van der Waals surface area contributed by atoms with E-state index in [2.05, 4.69) is 4.72 Å². The lowest BCUT2D eigenvalue weighted by Gasteiger charge is -2.17. The third-order valence-electron chi connectivity index (χ3n) is 3.08. The van der Waals surface area contributed by atoms with Crippen LogP contribution in [0.3, 0.4) is 0 Å². The van der Waals surface area contributed by atoms with Crippen LogP contribution in [0.25, 0.3) is 0 Å². The molecule has 0 aliphatic heterocycles. The maximum atomic E-state index is 12.3. The van der Waals surface area contributed by atoms with E-state index in [1.54, 1.807) is 18.2 Å². The fourth-order valence-electron chi connectivity index (χ4n) is 1.98. The van der Waals surface area contributed by atoms with E-state index in [1.165, 1.54) is 11.3 Å². The van der Waals surface area contributed by atoms with Crippen molar-refractivity contribution in [2.24, 2.45) is 0 Å². The minimum absolute atomic E-state index is 0.106. The Morgan fingerprint density at radius 2 is 2.18 bits per heavy atom. The second-order valence-corrected chi connectivity index (χ2v) is 7.36. The maximum absolute atomic E-state index is 12.3. The minimum Gasteiger partial charge on any atom is -0.394 e. The lowest BCUT2D eigenvalue weighted by Crippen LogP contribution is -2.30. The Morgan fingerprint density at radius 3 is 2.82 bits per heavy atom. The quantitative estimate of drug-likeness (QED) is 0.771. The number of hydrogen-bond acceptors (Lipinski definition) is 5. The van der Waals surface area contributed by atoms with Gasteiger partial charge in [0.15, 0.2) is 0 Å². The monoisotopic (exact) mass is 341 g/mol. The average Bonchev–Trinajstić information content (AvgIpc) is 3.01. The Balaban J connectivity index is 2.08. The van der Waals surface area contributed by atoms with Gasteiger partial charge in [0.05, 0.1) is 24.2 Å². The highest BCUT2D eigenvalue weighted by molar-refractivity contribution is 7.89. The van der Waals surface area contributed by atoms with Crippen molar-refractivity contribution in [1.82, 2.24) is 4.72 Å². The van der Waals surface area contributed by atoms with Crippen molar-refractivity contribution in [3.8, 4) is 0 Å². The lowest BCUT2D eigenvalue weighted by molar-refractivity contribution is 0.0311. The molecule has 1 aromatic heterocycles. The van der Waals surface area contributed by atoms with Gasteiger partial charge >= 0.3 is 0 Å². The number of thiophene rings is 1. The number of hydrogen-bond donors (Lipinski definition) is 2. The predicted octanol–water partition coefficient (Wildman–Crippen LogP) is 2.09. The van der Waals surface area contributed by atoms with E-state index in [1.807, 2.05) is 29.8 Å². The van der Waals surface area contributed by atoms with Crippen LogP contribution in [-0.4, -0.2) is 33.3 Å². The van der Waals surface area contributed by atoms with Crippen LogP contribution in [0, 0.1) is 6.92 Å². The van der Waals surface area contributed by atoms with Gasteiger partial charge in [-0.15, -0.1) is 0 Å². The molecule has 120 valence electrons. The molecule has 0 fully saturated rings. The van der Waals surface area contributed by atoms with E-state index < -0.39 is 16.1 Å².